The van der Waals surface area contributed by atoms with Gasteiger partial charge in [0.2, 0.25) is 0 Å². The first kappa shape index (κ1) is 10.1. The molecule has 0 aliphatic carbocycles. The normalized spacial score (nSPS) is 10.0. The molecule has 0 aliphatic heterocycles. The maximum Gasteiger partial charge on any atom is 0.270 e. The highest BCUT2D eigenvalue weighted by molar-refractivity contribution is 9.10. The Morgan fingerprint density at radius 1 is 1.54 bits per heavy atom. The van der Waals surface area contributed by atoms with E-state index in [9.17, 15) is 10.1 Å². The number of nitrogens with zero attached hydrogens (tertiary/aromatic N) is 1. The van der Waals surface area contributed by atoms with Gasteiger partial charge >= 0.3 is 0 Å². The second kappa shape index (κ2) is 4.31. The molecule has 0 fully saturated rings. The molecule has 6 heteroatoms. The van der Waals surface area contributed by atoms with Crippen LogP contribution in [0.2, 0.25) is 0 Å². The average molecular weight is 247 g/mol. The van der Waals surface area contributed by atoms with Crippen LogP contribution in [0.15, 0.2) is 22.7 Å². The van der Waals surface area contributed by atoms with Crippen molar-refractivity contribution in [3.05, 3.63) is 38.3 Å². The SMILES string of the molecule is O=[N+]([O-])c1cc(Br)cc(CNO)c1. The number of hydrogen-bond donors (Lipinski definition) is 2. The van der Waals surface area contributed by atoms with Gasteiger partial charge in [0, 0.05) is 23.2 Å². The number of benzene rings is 1. The lowest BCUT2D eigenvalue weighted by Gasteiger charge is -2.00. The summed E-state index contributed by atoms with van der Waals surface area (Å²) in [7, 11) is 0. The zero-order chi connectivity index (χ0) is 9.84. The van der Waals surface area contributed by atoms with Crippen LogP contribution in [0.3, 0.4) is 0 Å². The van der Waals surface area contributed by atoms with Gasteiger partial charge in [0.05, 0.1) is 4.92 Å². The summed E-state index contributed by atoms with van der Waals surface area (Å²) in [4.78, 5) is 9.93. The number of nitro benzene ring substituents is 1. The number of rotatable bonds is 3. The van der Waals surface area contributed by atoms with Crippen LogP contribution in [-0.2, 0) is 6.54 Å². The molecule has 0 aromatic heterocycles. The maximum absolute atomic E-state index is 10.4. The Labute approximate surface area is 82.6 Å². The zero-order valence-corrected chi connectivity index (χ0v) is 8.11. The molecule has 1 aromatic rings. The van der Waals surface area contributed by atoms with Gasteiger partial charge in [-0.25, -0.2) is 5.48 Å². The lowest BCUT2D eigenvalue weighted by atomic mass is 10.2. The number of halogens is 1. The van der Waals surface area contributed by atoms with Crippen molar-refractivity contribution in [3.8, 4) is 0 Å². The van der Waals surface area contributed by atoms with Gasteiger partial charge in [-0.3, -0.25) is 10.1 Å². The number of nitrogens with one attached hydrogen (secondary N) is 1. The first-order chi connectivity index (χ1) is 6.13. The van der Waals surface area contributed by atoms with E-state index in [0.29, 0.717) is 10.0 Å². The monoisotopic (exact) mass is 246 g/mol. The molecule has 1 rings (SSSR count). The summed E-state index contributed by atoms with van der Waals surface area (Å²) >= 11 is 3.14. The molecule has 2 N–H and O–H groups in total. The quantitative estimate of drug-likeness (QED) is 0.631. The Kier molecular flexibility index (Phi) is 3.35. The van der Waals surface area contributed by atoms with Crippen LogP contribution < -0.4 is 5.48 Å². The Morgan fingerprint density at radius 2 is 2.23 bits per heavy atom. The van der Waals surface area contributed by atoms with Crippen molar-refractivity contribution in [1.82, 2.24) is 5.48 Å². The average Bonchev–Trinajstić information content (AvgIpc) is 2.03. The molecular formula is C7H7BrN2O3. The van der Waals surface area contributed by atoms with E-state index in [1.807, 2.05) is 5.48 Å². The third-order valence-electron chi connectivity index (χ3n) is 1.44. The maximum atomic E-state index is 10.4. The summed E-state index contributed by atoms with van der Waals surface area (Å²) in [6.07, 6.45) is 0. The molecule has 5 nitrogen and oxygen atoms in total. The van der Waals surface area contributed by atoms with Crippen molar-refractivity contribution in [3.63, 3.8) is 0 Å². The molecule has 0 saturated heterocycles. The highest BCUT2D eigenvalue weighted by Gasteiger charge is 2.07. The Hall–Kier alpha value is -0.980. The highest BCUT2D eigenvalue weighted by atomic mass is 79.9. The molecule has 13 heavy (non-hydrogen) atoms. The predicted molar refractivity (Wildman–Crippen MR) is 49.4 cm³/mol. The first-order valence-electron chi connectivity index (χ1n) is 3.44. The Bertz CT molecular complexity index is 330. The molecule has 0 aliphatic rings. The van der Waals surface area contributed by atoms with Crippen molar-refractivity contribution in [2.24, 2.45) is 0 Å². The molecule has 0 radical (unpaired) electrons. The topological polar surface area (TPSA) is 75.4 Å². The minimum atomic E-state index is -0.481. The summed E-state index contributed by atoms with van der Waals surface area (Å²) < 4.78 is 0.618. The lowest BCUT2D eigenvalue weighted by molar-refractivity contribution is -0.385. The van der Waals surface area contributed by atoms with Crippen LogP contribution in [0.5, 0.6) is 0 Å². The van der Waals surface area contributed by atoms with Gasteiger partial charge in [0.1, 0.15) is 0 Å². The fourth-order valence-electron chi connectivity index (χ4n) is 0.932. The highest BCUT2D eigenvalue weighted by Crippen LogP contribution is 2.21. The lowest BCUT2D eigenvalue weighted by Crippen LogP contribution is -2.06. The van der Waals surface area contributed by atoms with Crippen molar-refractivity contribution >= 4 is 21.6 Å². The van der Waals surface area contributed by atoms with Crippen molar-refractivity contribution in [2.75, 3.05) is 0 Å². The summed E-state index contributed by atoms with van der Waals surface area (Å²) in [5.74, 6) is 0. The third-order valence-corrected chi connectivity index (χ3v) is 1.89. The van der Waals surface area contributed by atoms with E-state index in [1.54, 1.807) is 6.07 Å². The molecule has 70 valence electrons. The van der Waals surface area contributed by atoms with Gasteiger partial charge in [-0.2, -0.15) is 0 Å². The van der Waals surface area contributed by atoms with Gasteiger partial charge < -0.3 is 5.21 Å². The van der Waals surface area contributed by atoms with Crippen LogP contribution in [0.4, 0.5) is 5.69 Å². The van der Waals surface area contributed by atoms with Crippen LogP contribution in [0.25, 0.3) is 0 Å². The summed E-state index contributed by atoms with van der Waals surface area (Å²) in [5.41, 5.74) is 2.58. The predicted octanol–water partition coefficient (Wildman–Crippen LogP) is 1.84. The largest absolute Gasteiger partial charge is 0.316 e. The summed E-state index contributed by atoms with van der Waals surface area (Å²) in [6.45, 7) is 0.181. The summed E-state index contributed by atoms with van der Waals surface area (Å²) in [6, 6.07) is 4.49. The fourth-order valence-corrected chi connectivity index (χ4v) is 1.46. The van der Waals surface area contributed by atoms with Crippen LogP contribution in [-0.4, -0.2) is 10.1 Å². The molecule has 1 aromatic carbocycles. The van der Waals surface area contributed by atoms with Crippen LogP contribution in [0, 0.1) is 10.1 Å². The summed E-state index contributed by atoms with van der Waals surface area (Å²) in [5, 5.41) is 18.8. The molecule has 0 saturated carbocycles. The zero-order valence-electron chi connectivity index (χ0n) is 6.53. The smallest absolute Gasteiger partial charge is 0.270 e. The van der Waals surface area contributed by atoms with E-state index in [2.05, 4.69) is 15.9 Å². The number of hydrogen-bond acceptors (Lipinski definition) is 4. The fraction of sp³-hybridized carbons (Fsp3) is 0.143. The van der Waals surface area contributed by atoms with E-state index in [-0.39, 0.29) is 12.2 Å². The second-order valence-corrected chi connectivity index (χ2v) is 3.33. The van der Waals surface area contributed by atoms with Gasteiger partial charge in [-0.05, 0) is 11.6 Å². The van der Waals surface area contributed by atoms with Gasteiger partial charge in [-0.1, -0.05) is 15.9 Å². The minimum Gasteiger partial charge on any atom is -0.316 e. The minimum absolute atomic E-state index is 0.000347. The molecule has 0 spiro atoms. The Morgan fingerprint density at radius 3 is 2.77 bits per heavy atom. The molecule has 0 unspecified atom stereocenters. The van der Waals surface area contributed by atoms with E-state index >= 15 is 0 Å². The number of hydroxylamine groups is 1. The molecular weight excluding hydrogens is 240 g/mol. The van der Waals surface area contributed by atoms with Gasteiger partial charge in [0.25, 0.3) is 5.69 Å². The van der Waals surface area contributed by atoms with Crippen molar-refractivity contribution in [1.29, 1.82) is 0 Å². The standard InChI is InChI=1S/C7H7BrN2O3/c8-6-1-5(4-9-11)2-7(3-6)10(12)13/h1-3,9,11H,4H2. The van der Waals surface area contributed by atoms with E-state index in [4.69, 9.17) is 5.21 Å². The van der Waals surface area contributed by atoms with Gasteiger partial charge in [-0.15, -0.1) is 0 Å². The first-order valence-corrected chi connectivity index (χ1v) is 4.23. The molecule has 0 amide bonds. The van der Waals surface area contributed by atoms with E-state index in [0.717, 1.165) is 0 Å². The third kappa shape index (κ3) is 2.76. The molecule has 0 bridgehead atoms. The number of non-ortho nitro benzene ring substituents is 1. The van der Waals surface area contributed by atoms with Crippen LogP contribution >= 0.6 is 15.9 Å². The van der Waals surface area contributed by atoms with Crippen LogP contribution in [0.1, 0.15) is 5.56 Å². The molecule has 0 atom stereocenters. The Balaban J connectivity index is 3.03. The molecule has 0 heterocycles. The van der Waals surface area contributed by atoms with Crippen molar-refractivity contribution < 1.29 is 10.1 Å². The van der Waals surface area contributed by atoms with Gasteiger partial charge in [0.15, 0.2) is 0 Å². The number of nitro groups is 1. The second-order valence-electron chi connectivity index (χ2n) is 2.41. The van der Waals surface area contributed by atoms with Crippen molar-refractivity contribution in [2.45, 2.75) is 6.54 Å². The van der Waals surface area contributed by atoms with E-state index in [1.165, 1.54) is 12.1 Å². The van der Waals surface area contributed by atoms with E-state index < -0.39 is 4.92 Å².